The second kappa shape index (κ2) is 5.25. The highest BCUT2D eigenvalue weighted by atomic mass is 16.5. The monoisotopic (exact) mass is 306 g/mol. The van der Waals surface area contributed by atoms with Gasteiger partial charge in [0.2, 0.25) is 0 Å². The van der Waals surface area contributed by atoms with Crippen molar-refractivity contribution >= 4 is 22.9 Å². The lowest BCUT2D eigenvalue weighted by atomic mass is 9.99. The topological polar surface area (TPSA) is 41.6 Å². The first-order valence-electron chi connectivity index (χ1n) is 7.71. The van der Waals surface area contributed by atoms with Gasteiger partial charge in [-0.3, -0.25) is 4.79 Å². The molecule has 116 valence electrons. The molecule has 1 amide bonds. The summed E-state index contributed by atoms with van der Waals surface area (Å²) < 4.78 is 6.23. The van der Waals surface area contributed by atoms with E-state index in [2.05, 4.69) is 16.3 Å². The van der Waals surface area contributed by atoms with Crippen LogP contribution in [0, 0.1) is 0 Å². The Kier molecular flexibility index (Phi) is 3.20. The Morgan fingerprint density at radius 1 is 1.04 bits per heavy atom. The summed E-state index contributed by atoms with van der Waals surface area (Å²) in [5.74, 6) is 0.594. The van der Waals surface area contributed by atoms with E-state index < -0.39 is 0 Å². The van der Waals surface area contributed by atoms with Gasteiger partial charge < -0.3 is 15.0 Å². The lowest BCUT2D eigenvalue weighted by molar-refractivity contribution is -0.110. The molecule has 2 aromatic carbocycles. The van der Waals surface area contributed by atoms with Gasteiger partial charge in [0.25, 0.3) is 5.91 Å². The number of para-hydroxylation sites is 1. The van der Waals surface area contributed by atoms with E-state index in [-0.39, 0.29) is 12.0 Å². The number of ether oxygens (including phenoxy) is 1. The summed E-state index contributed by atoms with van der Waals surface area (Å²) in [6, 6.07) is 15.8. The lowest BCUT2D eigenvalue weighted by Gasteiger charge is -2.17. The van der Waals surface area contributed by atoms with E-state index in [0.29, 0.717) is 11.3 Å². The Balaban J connectivity index is 1.89. The average molecular weight is 306 g/mol. The summed E-state index contributed by atoms with van der Waals surface area (Å²) in [6.45, 7) is 0.775. The summed E-state index contributed by atoms with van der Waals surface area (Å²) in [4.78, 5) is 14.6. The van der Waals surface area contributed by atoms with Crippen molar-refractivity contribution in [3.63, 3.8) is 0 Å². The van der Waals surface area contributed by atoms with Crippen LogP contribution in [0.4, 0.5) is 5.69 Å². The number of hydrogen-bond acceptors (Lipinski definition) is 3. The minimum atomic E-state index is -0.0958. The van der Waals surface area contributed by atoms with Gasteiger partial charge >= 0.3 is 0 Å². The first kappa shape index (κ1) is 14.0. The molecule has 0 aromatic heterocycles. The van der Waals surface area contributed by atoms with E-state index in [1.54, 1.807) is 0 Å². The van der Waals surface area contributed by atoms with Gasteiger partial charge in [-0.25, -0.2) is 0 Å². The summed E-state index contributed by atoms with van der Waals surface area (Å²) in [6.07, 6.45) is -0.0516. The van der Waals surface area contributed by atoms with Gasteiger partial charge in [0, 0.05) is 28.9 Å². The molecule has 0 radical (unpaired) electrons. The third-order valence-electron chi connectivity index (χ3n) is 4.24. The lowest BCUT2D eigenvalue weighted by Crippen LogP contribution is -2.19. The number of carbonyl (C=O) groups is 1. The fourth-order valence-electron chi connectivity index (χ4n) is 3.26. The van der Waals surface area contributed by atoms with Crippen LogP contribution in [-0.2, 0) is 9.53 Å². The van der Waals surface area contributed by atoms with Crippen LogP contribution in [0.25, 0.3) is 11.3 Å². The predicted octanol–water partition coefficient (Wildman–Crippen LogP) is 3.14. The van der Waals surface area contributed by atoms with Crippen molar-refractivity contribution in [3.8, 4) is 0 Å². The largest absolute Gasteiger partial charge is 0.483 e. The predicted molar refractivity (Wildman–Crippen MR) is 90.7 cm³/mol. The molecule has 23 heavy (non-hydrogen) atoms. The standard InChI is InChI=1S/C19H18N2O2/c1-21(2)11-16-12-7-3-4-8-13(12)18(23-16)17-14-9-5-6-10-15(14)20-19(17)22/h3-10,16H,11H2,1-2H3,(H,20,22). The summed E-state index contributed by atoms with van der Waals surface area (Å²) in [5.41, 5.74) is 4.54. The van der Waals surface area contributed by atoms with Crippen LogP contribution in [-0.4, -0.2) is 31.4 Å². The van der Waals surface area contributed by atoms with Gasteiger partial charge in [0.15, 0.2) is 0 Å². The zero-order chi connectivity index (χ0) is 16.0. The Morgan fingerprint density at radius 3 is 2.52 bits per heavy atom. The molecule has 1 atom stereocenters. The van der Waals surface area contributed by atoms with Gasteiger partial charge in [-0.15, -0.1) is 0 Å². The second-order valence-electron chi connectivity index (χ2n) is 6.16. The van der Waals surface area contributed by atoms with Crippen LogP contribution in [0.3, 0.4) is 0 Å². The van der Waals surface area contributed by atoms with Crippen LogP contribution in [0.5, 0.6) is 0 Å². The van der Waals surface area contributed by atoms with Crippen LogP contribution >= 0.6 is 0 Å². The fourth-order valence-corrected chi connectivity index (χ4v) is 3.26. The number of amides is 1. The molecule has 0 fully saturated rings. The number of benzene rings is 2. The number of nitrogens with zero attached hydrogens (tertiary/aromatic N) is 1. The Hall–Kier alpha value is -2.59. The first-order chi connectivity index (χ1) is 11.1. The van der Waals surface area contributed by atoms with Crippen molar-refractivity contribution in [1.29, 1.82) is 0 Å². The highest BCUT2D eigenvalue weighted by Crippen LogP contribution is 2.45. The maximum Gasteiger partial charge on any atom is 0.260 e. The molecule has 2 aliphatic rings. The van der Waals surface area contributed by atoms with Gasteiger partial charge in [-0.2, -0.15) is 0 Å². The molecule has 0 spiro atoms. The third kappa shape index (κ3) is 2.23. The van der Waals surface area contributed by atoms with Crippen LogP contribution < -0.4 is 5.32 Å². The van der Waals surface area contributed by atoms with Gasteiger partial charge in [-0.05, 0) is 20.2 Å². The van der Waals surface area contributed by atoms with Crippen LogP contribution in [0.1, 0.15) is 22.8 Å². The summed E-state index contributed by atoms with van der Waals surface area (Å²) in [7, 11) is 4.05. The number of fused-ring (bicyclic) bond motifs is 2. The number of anilines is 1. The molecule has 0 saturated carbocycles. The quantitative estimate of drug-likeness (QED) is 0.867. The van der Waals surface area contributed by atoms with E-state index in [4.69, 9.17) is 4.74 Å². The van der Waals surface area contributed by atoms with E-state index in [0.717, 1.165) is 28.9 Å². The highest BCUT2D eigenvalue weighted by molar-refractivity contribution is 6.36. The second-order valence-corrected chi connectivity index (χ2v) is 6.16. The molecule has 0 bridgehead atoms. The zero-order valence-corrected chi connectivity index (χ0v) is 13.2. The molecule has 4 rings (SSSR count). The van der Waals surface area contributed by atoms with Crippen molar-refractivity contribution < 1.29 is 9.53 Å². The molecule has 0 saturated heterocycles. The Labute approximate surface area is 135 Å². The van der Waals surface area contributed by atoms with Crippen molar-refractivity contribution in [2.75, 3.05) is 26.0 Å². The van der Waals surface area contributed by atoms with Crippen LogP contribution in [0.15, 0.2) is 48.5 Å². The molecule has 2 heterocycles. The fraction of sp³-hybridized carbons (Fsp3) is 0.211. The molecule has 4 heteroatoms. The number of hydrogen-bond donors (Lipinski definition) is 1. The van der Waals surface area contributed by atoms with Gasteiger partial charge in [0.05, 0.1) is 5.57 Å². The molecular weight excluding hydrogens is 288 g/mol. The van der Waals surface area contributed by atoms with Gasteiger partial charge in [0.1, 0.15) is 11.9 Å². The van der Waals surface area contributed by atoms with Crippen molar-refractivity contribution in [2.45, 2.75) is 6.10 Å². The molecule has 4 nitrogen and oxygen atoms in total. The van der Waals surface area contributed by atoms with E-state index in [1.165, 1.54) is 0 Å². The third-order valence-corrected chi connectivity index (χ3v) is 4.24. The van der Waals surface area contributed by atoms with Gasteiger partial charge in [-0.1, -0.05) is 42.5 Å². The minimum absolute atomic E-state index is 0.0516. The number of likely N-dealkylation sites (N-methyl/N-ethyl adjacent to an activating group) is 1. The molecule has 1 N–H and O–H groups in total. The number of carbonyl (C=O) groups excluding carboxylic acids is 1. The highest BCUT2D eigenvalue weighted by Gasteiger charge is 2.35. The minimum Gasteiger partial charge on any atom is -0.483 e. The SMILES string of the molecule is CN(C)CC1OC(=C2C(=O)Nc3ccccc32)c2ccccc21. The molecule has 0 aliphatic carbocycles. The Bertz CT molecular complexity index is 824. The van der Waals surface area contributed by atoms with Crippen molar-refractivity contribution in [2.24, 2.45) is 0 Å². The maximum atomic E-state index is 12.5. The average Bonchev–Trinajstić information content (AvgIpc) is 3.04. The maximum absolute atomic E-state index is 12.5. The number of nitrogens with one attached hydrogen (secondary N) is 1. The Morgan fingerprint density at radius 2 is 1.74 bits per heavy atom. The van der Waals surface area contributed by atoms with Crippen molar-refractivity contribution in [1.82, 2.24) is 4.90 Å². The zero-order valence-electron chi connectivity index (χ0n) is 13.2. The smallest absolute Gasteiger partial charge is 0.260 e. The van der Waals surface area contributed by atoms with E-state index >= 15 is 0 Å². The summed E-state index contributed by atoms with van der Waals surface area (Å²) >= 11 is 0. The van der Waals surface area contributed by atoms with E-state index in [9.17, 15) is 4.79 Å². The normalized spacial score (nSPS) is 21.9. The first-order valence-corrected chi connectivity index (χ1v) is 7.71. The van der Waals surface area contributed by atoms with Crippen LogP contribution in [0.2, 0.25) is 0 Å². The van der Waals surface area contributed by atoms with E-state index in [1.807, 2.05) is 56.6 Å². The summed E-state index contributed by atoms with van der Waals surface area (Å²) in [5, 5.41) is 2.92. The molecule has 1 unspecified atom stereocenters. The molecule has 2 aromatic rings. The van der Waals surface area contributed by atoms with Crippen molar-refractivity contribution in [3.05, 3.63) is 65.2 Å². The molecular formula is C19H18N2O2. The number of rotatable bonds is 2. The molecule has 2 aliphatic heterocycles.